The highest BCUT2D eigenvalue weighted by molar-refractivity contribution is 7.13. The first-order valence-corrected chi connectivity index (χ1v) is 8.24. The maximum Gasteiger partial charge on any atom is 0.347 e. The first-order valence-electron chi connectivity index (χ1n) is 7.43. The molecule has 0 aromatic carbocycles. The number of hydrogen-bond donors (Lipinski definition) is 1. The van der Waals surface area contributed by atoms with Crippen LogP contribution >= 0.6 is 11.3 Å². The van der Waals surface area contributed by atoms with Gasteiger partial charge in [-0.2, -0.15) is 0 Å². The molecular weight excluding hydrogens is 272 g/mol. The van der Waals surface area contributed by atoms with Crippen LogP contribution in [0.5, 0.6) is 0 Å². The zero-order valence-corrected chi connectivity index (χ0v) is 13.1. The van der Waals surface area contributed by atoms with Gasteiger partial charge in [0, 0.05) is 18.0 Å². The van der Waals surface area contributed by atoms with Gasteiger partial charge in [0.15, 0.2) is 0 Å². The summed E-state index contributed by atoms with van der Waals surface area (Å²) in [6.45, 7) is 4.03. The van der Waals surface area contributed by atoms with Crippen molar-refractivity contribution < 1.29 is 9.90 Å². The van der Waals surface area contributed by atoms with Crippen LogP contribution in [0.2, 0.25) is 0 Å². The highest BCUT2D eigenvalue weighted by Gasteiger charge is 2.40. The number of hydrogen-bond acceptors (Lipinski definition) is 4. The van der Waals surface area contributed by atoms with Gasteiger partial charge in [0.25, 0.3) is 0 Å². The van der Waals surface area contributed by atoms with Crippen LogP contribution in [0.1, 0.15) is 71.7 Å². The second-order valence-corrected chi connectivity index (χ2v) is 7.48. The van der Waals surface area contributed by atoms with E-state index in [0.29, 0.717) is 22.9 Å². The molecule has 4 nitrogen and oxygen atoms in total. The summed E-state index contributed by atoms with van der Waals surface area (Å²) in [5.74, 6) is -0.193. The molecule has 2 saturated heterocycles. The van der Waals surface area contributed by atoms with E-state index in [2.05, 4.69) is 11.9 Å². The Morgan fingerprint density at radius 2 is 1.95 bits per heavy atom. The SMILES string of the molecule is CC(C)c1nc(C2CC3CCC(C2)N3C)sc1C(=O)O. The van der Waals surface area contributed by atoms with Gasteiger partial charge in [0.1, 0.15) is 4.88 Å². The maximum atomic E-state index is 11.4. The van der Waals surface area contributed by atoms with Crippen molar-refractivity contribution in [3.8, 4) is 0 Å². The molecule has 5 heteroatoms. The molecule has 1 N–H and O–H groups in total. The Labute approximate surface area is 123 Å². The largest absolute Gasteiger partial charge is 0.477 e. The number of nitrogens with zero attached hydrogens (tertiary/aromatic N) is 2. The quantitative estimate of drug-likeness (QED) is 0.929. The van der Waals surface area contributed by atoms with Crippen LogP contribution in [-0.2, 0) is 0 Å². The van der Waals surface area contributed by atoms with E-state index in [1.807, 2.05) is 13.8 Å². The first-order chi connectivity index (χ1) is 9.47. The number of thiazole rings is 1. The van der Waals surface area contributed by atoms with Gasteiger partial charge in [-0.15, -0.1) is 11.3 Å². The van der Waals surface area contributed by atoms with Crippen LogP contribution in [-0.4, -0.2) is 40.1 Å². The number of aromatic carboxylic acids is 1. The molecule has 2 unspecified atom stereocenters. The molecule has 0 radical (unpaired) electrons. The summed E-state index contributed by atoms with van der Waals surface area (Å²) in [6, 6.07) is 1.33. The molecule has 2 fully saturated rings. The normalized spacial score (nSPS) is 30.1. The zero-order valence-electron chi connectivity index (χ0n) is 12.3. The summed E-state index contributed by atoms with van der Waals surface area (Å²) in [6.07, 6.45) is 4.84. The molecule has 1 aromatic rings. The fourth-order valence-electron chi connectivity index (χ4n) is 3.68. The lowest BCUT2D eigenvalue weighted by molar-refractivity contribution is 0.0700. The van der Waals surface area contributed by atoms with Crippen LogP contribution in [0.4, 0.5) is 0 Å². The molecule has 3 heterocycles. The van der Waals surface area contributed by atoms with Gasteiger partial charge in [-0.05, 0) is 38.6 Å². The van der Waals surface area contributed by atoms with Crippen molar-refractivity contribution in [2.24, 2.45) is 0 Å². The lowest BCUT2D eigenvalue weighted by Gasteiger charge is -2.35. The molecule has 2 aliphatic rings. The Morgan fingerprint density at radius 3 is 2.40 bits per heavy atom. The monoisotopic (exact) mass is 294 g/mol. The number of piperidine rings is 1. The molecule has 3 rings (SSSR count). The van der Waals surface area contributed by atoms with E-state index in [9.17, 15) is 9.90 Å². The van der Waals surface area contributed by atoms with Crippen LogP contribution < -0.4 is 0 Å². The standard InChI is InChI=1S/C15H22N2O2S/c1-8(2)12-13(15(18)19)20-14(16-12)9-6-10-4-5-11(7-9)17(10)3/h8-11H,4-7H2,1-3H3,(H,18,19). The number of aromatic nitrogens is 1. The molecule has 1 aromatic heterocycles. The third-order valence-electron chi connectivity index (χ3n) is 4.86. The fraction of sp³-hybridized carbons (Fsp3) is 0.733. The molecule has 110 valence electrons. The number of rotatable bonds is 3. The first kappa shape index (κ1) is 14.0. The van der Waals surface area contributed by atoms with Crippen molar-refractivity contribution >= 4 is 17.3 Å². The molecule has 2 atom stereocenters. The van der Waals surface area contributed by atoms with Crippen molar-refractivity contribution in [3.05, 3.63) is 15.6 Å². The smallest absolute Gasteiger partial charge is 0.347 e. The van der Waals surface area contributed by atoms with Crippen LogP contribution in [0, 0.1) is 0 Å². The predicted octanol–water partition coefficient (Wildman–Crippen LogP) is 3.30. The molecular formula is C15H22N2O2S. The summed E-state index contributed by atoms with van der Waals surface area (Å²) in [5, 5.41) is 10.4. The molecule has 0 aliphatic carbocycles. The third kappa shape index (κ3) is 2.27. The second-order valence-electron chi connectivity index (χ2n) is 6.45. The Kier molecular flexibility index (Phi) is 3.58. The summed E-state index contributed by atoms with van der Waals surface area (Å²) >= 11 is 1.41. The lowest BCUT2D eigenvalue weighted by atomic mass is 9.91. The highest BCUT2D eigenvalue weighted by atomic mass is 32.1. The molecule has 0 amide bonds. The van der Waals surface area contributed by atoms with E-state index < -0.39 is 5.97 Å². The van der Waals surface area contributed by atoms with E-state index >= 15 is 0 Å². The van der Waals surface area contributed by atoms with Gasteiger partial charge in [0.2, 0.25) is 0 Å². The number of fused-ring (bicyclic) bond motifs is 2. The van der Waals surface area contributed by atoms with Gasteiger partial charge >= 0.3 is 5.97 Å². The molecule has 0 saturated carbocycles. The van der Waals surface area contributed by atoms with Gasteiger partial charge in [-0.25, -0.2) is 9.78 Å². The Morgan fingerprint density at radius 1 is 1.35 bits per heavy atom. The highest BCUT2D eigenvalue weighted by Crippen LogP contribution is 2.44. The summed E-state index contributed by atoms with van der Waals surface area (Å²) in [4.78, 5) is 19.0. The van der Waals surface area contributed by atoms with Crippen LogP contribution in [0.15, 0.2) is 0 Å². The van der Waals surface area contributed by atoms with Crippen molar-refractivity contribution in [2.75, 3.05) is 7.05 Å². The molecule has 2 bridgehead atoms. The second kappa shape index (κ2) is 5.11. The van der Waals surface area contributed by atoms with E-state index in [4.69, 9.17) is 4.98 Å². The minimum absolute atomic E-state index is 0.175. The topological polar surface area (TPSA) is 53.4 Å². The number of carbonyl (C=O) groups is 1. The van der Waals surface area contributed by atoms with E-state index in [1.54, 1.807) is 0 Å². The minimum Gasteiger partial charge on any atom is -0.477 e. The van der Waals surface area contributed by atoms with Crippen LogP contribution in [0.3, 0.4) is 0 Å². The minimum atomic E-state index is -0.826. The van der Waals surface area contributed by atoms with Gasteiger partial charge in [-0.1, -0.05) is 13.8 Å². The fourth-order valence-corrected chi connectivity index (χ4v) is 4.87. The molecule has 20 heavy (non-hydrogen) atoms. The van der Waals surface area contributed by atoms with Gasteiger partial charge in [0.05, 0.1) is 10.7 Å². The average molecular weight is 294 g/mol. The van der Waals surface area contributed by atoms with E-state index in [-0.39, 0.29) is 5.92 Å². The summed E-state index contributed by atoms with van der Waals surface area (Å²) < 4.78 is 0. The van der Waals surface area contributed by atoms with Crippen molar-refractivity contribution in [3.63, 3.8) is 0 Å². The van der Waals surface area contributed by atoms with Gasteiger partial charge in [-0.3, -0.25) is 0 Å². The Hall–Kier alpha value is -0.940. The van der Waals surface area contributed by atoms with E-state index in [0.717, 1.165) is 23.5 Å². The lowest BCUT2D eigenvalue weighted by Crippen LogP contribution is -2.39. The third-order valence-corrected chi connectivity index (χ3v) is 6.08. The summed E-state index contributed by atoms with van der Waals surface area (Å²) in [7, 11) is 2.22. The Bertz CT molecular complexity index is 512. The molecule has 2 aliphatic heterocycles. The van der Waals surface area contributed by atoms with Crippen molar-refractivity contribution in [1.82, 2.24) is 9.88 Å². The number of carboxylic acid groups (broad SMARTS) is 1. The summed E-state index contributed by atoms with van der Waals surface area (Å²) in [5.41, 5.74) is 0.767. The van der Waals surface area contributed by atoms with Crippen molar-refractivity contribution in [1.29, 1.82) is 0 Å². The Balaban J connectivity index is 1.88. The predicted molar refractivity (Wildman–Crippen MR) is 79.7 cm³/mol. The maximum absolute atomic E-state index is 11.4. The molecule has 0 spiro atoms. The average Bonchev–Trinajstić information content (AvgIpc) is 2.89. The van der Waals surface area contributed by atoms with Gasteiger partial charge < -0.3 is 10.0 Å². The zero-order chi connectivity index (χ0) is 14.4. The van der Waals surface area contributed by atoms with Crippen molar-refractivity contribution in [2.45, 2.75) is 63.5 Å². The number of carboxylic acids is 1. The van der Waals surface area contributed by atoms with Crippen LogP contribution in [0.25, 0.3) is 0 Å². The van der Waals surface area contributed by atoms with E-state index in [1.165, 1.54) is 24.2 Å².